The van der Waals surface area contributed by atoms with E-state index < -0.39 is 0 Å². The van der Waals surface area contributed by atoms with Gasteiger partial charge in [0.25, 0.3) is 0 Å². The van der Waals surface area contributed by atoms with Crippen LogP contribution in [0.2, 0.25) is 0 Å². The van der Waals surface area contributed by atoms with Crippen LogP contribution in [0, 0.1) is 11.3 Å². The van der Waals surface area contributed by atoms with Crippen LogP contribution in [0.3, 0.4) is 0 Å². The summed E-state index contributed by atoms with van der Waals surface area (Å²) in [4.78, 5) is 3.93. The fourth-order valence-electron chi connectivity index (χ4n) is 1.81. The highest BCUT2D eigenvalue weighted by molar-refractivity contribution is 5.53. The third-order valence-corrected chi connectivity index (χ3v) is 2.72. The average Bonchev–Trinajstić information content (AvgIpc) is 2.39. The number of nitriles is 1. The Balaban J connectivity index is 2.19. The quantitative estimate of drug-likeness (QED) is 0.806. The number of rotatable bonds is 3. The van der Waals surface area contributed by atoms with Crippen molar-refractivity contribution in [3.63, 3.8) is 0 Å². The lowest BCUT2D eigenvalue weighted by Gasteiger charge is -2.17. The number of pyridine rings is 1. The summed E-state index contributed by atoms with van der Waals surface area (Å²) in [6.07, 6.45) is 1.61. The van der Waals surface area contributed by atoms with E-state index in [0.29, 0.717) is 5.69 Å². The Bertz CT molecular complexity index is 586. The highest BCUT2D eigenvalue weighted by atomic mass is 14.9. The Kier molecular flexibility index (Phi) is 3.44. The Morgan fingerprint density at radius 1 is 1.33 bits per heavy atom. The normalized spacial score (nSPS) is 11.6. The number of nitrogens with zero attached hydrogens (tertiary/aromatic N) is 2. The molecule has 0 fully saturated rings. The second kappa shape index (κ2) is 5.19. The first-order valence-electron chi connectivity index (χ1n) is 5.68. The molecule has 4 heteroatoms. The molecule has 18 heavy (non-hydrogen) atoms. The number of nitrogen functional groups attached to an aromatic ring is 1. The van der Waals surface area contributed by atoms with E-state index in [4.69, 9.17) is 11.0 Å². The van der Waals surface area contributed by atoms with E-state index in [9.17, 15) is 0 Å². The molecule has 2 rings (SSSR count). The van der Waals surface area contributed by atoms with Gasteiger partial charge in [-0.05, 0) is 30.7 Å². The zero-order chi connectivity index (χ0) is 13.0. The molecule has 2 aromatic rings. The maximum Gasteiger partial charge on any atom is 0.142 e. The second-order valence-corrected chi connectivity index (χ2v) is 4.04. The summed E-state index contributed by atoms with van der Waals surface area (Å²) in [6, 6.07) is 13.4. The van der Waals surface area contributed by atoms with Gasteiger partial charge in [-0.2, -0.15) is 5.26 Å². The van der Waals surface area contributed by atoms with E-state index in [0.717, 1.165) is 16.9 Å². The zero-order valence-corrected chi connectivity index (χ0v) is 10.1. The van der Waals surface area contributed by atoms with Gasteiger partial charge in [-0.1, -0.05) is 18.2 Å². The standard InChI is InChI=1S/C14H14N4/c1-10(13-4-2-3-5-14(13)16)18-11-6-7-17-12(8-11)9-15/h2-8,10H,16H2,1H3,(H,17,18). The van der Waals surface area contributed by atoms with Gasteiger partial charge in [-0.25, -0.2) is 4.98 Å². The van der Waals surface area contributed by atoms with Gasteiger partial charge in [-0.15, -0.1) is 0 Å². The maximum absolute atomic E-state index is 8.80. The summed E-state index contributed by atoms with van der Waals surface area (Å²) in [5.41, 5.74) is 8.97. The molecular formula is C14H14N4. The molecular weight excluding hydrogens is 224 g/mol. The molecule has 90 valence electrons. The predicted molar refractivity (Wildman–Crippen MR) is 71.8 cm³/mol. The van der Waals surface area contributed by atoms with Crippen LogP contribution in [-0.2, 0) is 0 Å². The number of hydrogen-bond donors (Lipinski definition) is 2. The number of nitrogens with one attached hydrogen (secondary N) is 1. The summed E-state index contributed by atoms with van der Waals surface area (Å²) in [5.74, 6) is 0. The van der Waals surface area contributed by atoms with Crippen molar-refractivity contribution in [3.8, 4) is 6.07 Å². The SMILES string of the molecule is CC(Nc1ccnc(C#N)c1)c1ccccc1N. The molecule has 0 saturated heterocycles. The summed E-state index contributed by atoms with van der Waals surface area (Å²) < 4.78 is 0. The van der Waals surface area contributed by atoms with Gasteiger partial charge in [0, 0.05) is 17.6 Å². The Hall–Kier alpha value is -2.54. The number of anilines is 2. The van der Waals surface area contributed by atoms with Crippen LogP contribution in [0.25, 0.3) is 0 Å². The fraction of sp³-hybridized carbons (Fsp3) is 0.143. The minimum Gasteiger partial charge on any atom is -0.398 e. The Morgan fingerprint density at radius 3 is 2.83 bits per heavy atom. The van der Waals surface area contributed by atoms with Crippen molar-refractivity contribution < 1.29 is 0 Å². The topological polar surface area (TPSA) is 74.7 Å². The second-order valence-electron chi connectivity index (χ2n) is 4.04. The summed E-state index contributed by atoms with van der Waals surface area (Å²) in [6.45, 7) is 2.03. The van der Waals surface area contributed by atoms with Crippen molar-refractivity contribution in [2.75, 3.05) is 11.1 Å². The monoisotopic (exact) mass is 238 g/mol. The molecule has 1 aromatic heterocycles. The van der Waals surface area contributed by atoms with Crippen molar-refractivity contribution in [1.82, 2.24) is 4.98 Å². The number of nitrogens with two attached hydrogens (primary N) is 1. The van der Waals surface area contributed by atoms with E-state index in [1.165, 1.54) is 0 Å². The zero-order valence-electron chi connectivity index (χ0n) is 10.1. The van der Waals surface area contributed by atoms with Crippen LogP contribution < -0.4 is 11.1 Å². The van der Waals surface area contributed by atoms with Crippen molar-refractivity contribution in [3.05, 3.63) is 53.9 Å². The first kappa shape index (κ1) is 11.9. The lowest BCUT2D eigenvalue weighted by molar-refractivity contribution is 0.887. The molecule has 0 aliphatic carbocycles. The van der Waals surface area contributed by atoms with Gasteiger partial charge >= 0.3 is 0 Å². The van der Waals surface area contributed by atoms with Gasteiger partial charge < -0.3 is 11.1 Å². The Labute approximate surface area is 106 Å². The van der Waals surface area contributed by atoms with Crippen LogP contribution in [0.5, 0.6) is 0 Å². The van der Waals surface area contributed by atoms with E-state index in [1.807, 2.05) is 43.3 Å². The molecule has 0 radical (unpaired) electrons. The molecule has 1 unspecified atom stereocenters. The van der Waals surface area contributed by atoms with Crippen LogP contribution >= 0.6 is 0 Å². The number of hydrogen-bond acceptors (Lipinski definition) is 4. The molecule has 0 saturated carbocycles. The molecule has 1 heterocycles. The number of para-hydroxylation sites is 1. The maximum atomic E-state index is 8.80. The molecule has 1 aromatic carbocycles. The fourth-order valence-corrected chi connectivity index (χ4v) is 1.81. The van der Waals surface area contributed by atoms with Gasteiger partial charge in [0.2, 0.25) is 0 Å². The lowest BCUT2D eigenvalue weighted by atomic mass is 10.1. The molecule has 0 aliphatic heterocycles. The van der Waals surface area contributed by atoms with Gasteiger partial charge in [0.1, 0.15) is 11.8 Å². The van der Waals surface area contributed by atoms with Gasteiger partial charge in [-0.3, -0.25) is 0 Å². The summed E-state index contributed by atoms with van der Waals surface area (Å²) >= 11 is 0. The first-order chi connectivity index (χ1) is 8.70. The van der Waals surface area contributed by atoms with E-state index in [-0.39, 0.29) is 6.04 Å². The predicted octanol–water partition coefficient (Wildman–Crippen LogP) is 2.71. The van der Waals surface area contributed by atoms with E-state index in [1.54, 1.807) is 12.3 Å². The molecule has 0 amide bonds. The first-order valence-corrected chi connectivity index (χ1v) is 5.68. The van der Waals surface area contributed by atoms with Crippen LogP contribution in [0.1, 0.15) is 24.2 Å². The van der Waals surface area contributed by atoms with Crippen molar-refractivity contribution in [2.24, 2.45) is 0 Å². The van der Waals surface area contributed by atoms with Crippen LogP contribution in [-0.4, -0.2) is 4.98 Å². The molecule has 1 atom stereocenters. The van der Waals surface area contributed by atoms with Crippen LogP contribution in [0.15, 0.2) is 42.6 Å². The Morgan fingerprint density at radius 2 is 2.11 bits per heavy atom. The van der Waals surface area contributed by atoms with Crippen molar-refractivity contribution >= 4 is 11.4 Å². The third-order valence-electron chi connectivity index (χ3n) is 2.72. The summed E-state index contributed by atoms with van der Waals surface area (Å²) in [5, 5.41) is 12.1. The van der Waals surface area contributed by atoms with Crippen molar-refractivity contribution in [1.29, 1.82) is 5.26 Å². The lowest BCUT2D eigenvalue weighted by Crippen LogP contribution is -2.09. The van der Waals surface area contributed by atoms with Crippen LogP contribution in [0.4, 0.5) is 11.4 Å². The minimum atomic E-state index is 0.0696. The van der Waals surface area contributed by atoms with E-state index in [2.05, 4.69) is 10.3 Å². The van der Waals surface area contributed by atoms with E-state index >= 15 is 0 Å². The molecule has 4 nitrogen and oxygen atoms in total. The number of aromatic nitrogens is 1. The highest BCUT2D eigenvalue weighted by Gasteiger charge is 2.08. The van der Waals surface area contributed by atoms with Gasteiger partial charge in [0.15, 0.2) is 0 Å². The number of benzene rings is 1. The van der Waals surface area contributed by atoms with Gasteiger partial charge in [0.05, 0.1) is 6.04 Å². The highest BCUT2D eigenvalue weighted by Crippen LogP contribution is 2.23. The largest absolute Gasteiger partial charge is 0.398 e. The molecule has 3 N–H and O–H groups in total. The minimum absolute atomic E-state index is 0.0696. The van der Waals surface area contributed by atoms with Crippen molar-refractivity contribution in [2.45, 2.75) is 13.0 Å². The smallest absolute Gasteiger partial charge is 0.142 e. The third kappa shape index (κ3) is 2.58. The summed E-state index contributed by atoms with van der Waals surface area (Å²) in [7, 11) is 0. The average molecular weight is 238 g/mol. The molecule has 0 spiro atoms. The molecule has 0 bridgehead atoms. The molecule has 0 aliphatic rings.